The summed E-state index contributed by atoms with van der Waals surface area (Å²) >= 11 is 0. The summed E-state index contributed by atoms with van der Waals surface area (Å²) < 4.78 is 39.7. The number of hydrogen-bond acceptors (Lipinski definition) is 4. The lowest BCUT2D eigenvalue weighted by Gasteiger charge is -2.34. The number of carbonyl (C=O) groups is 1. The van der Waals surface area contributed by atoms with Crippen LogP contribution in [0.15, 0.2) is 24.4 Å². The number of carbonyl (C=O) groups excluding carboxylic acids is 1. The summed E-state index contributed by atoms with van der Waals surface area (Å²) in [6.45, 7) is 3.21. The smallest absolute Gasteiger partial charge is 0.397 e. The highest BCUT2D eigenvalue weighted by molar-refractivity contribution is 5.89. The first-order chi connectivity index (χ1) is 11.5. The molecule has 0 aromatic heterocycles. The molecule has 3 N–H and O–H groups in total. The summed E-state index contributed by atoms with van der Waals surface area (Å²) in [5, 5.41) is 2.85. The molecule has 0 radical (unpaired) electrons. The fraction of sp³-hybridized carbons (Fsp3) is 0.471. The molecule has 0 unspecified atom stereocenters. The van der Waals surface area contributed by atoms with Crippen LogP contribution in [0.25, 0.3) is 5.57 Å². The predicted octanol–water partition coefficient (Wildman–Crippen LogP) is 3.45. The van der Waals surface area contributed by atoms with Crippen molar-refractivity contribution in [2.45, 2.75) is 26.6 Å². The summed E-state index contributed by atoms with van der Waals surface area (Å²) in [5.41, 5.74) is 8.14. The van der Waals surface area contributed by atoms with Crippen LogP contribution in [0.3, 0.4) is 0 Å². The van der Waals surface area contributed by atoms with Gasteiger partial charge in [0.15, 0.2) is 0 Å². The zero-order valence-electron chi connectivity index (χ0n) is 14.4. The van der Waals surface area contributed by atoms with Gasteiger partial charge in [-0.15, -0.1) is 13.2 Å². The number of amides is 1. The largest absolute Gasteiger partial charge is 0.522 e. The molecule has 0 fully saturated rings. The molecule has 0 atom stereocenters. The van der Waals surface area contributed by atoms with Crippen LogP contribution < -0.4 is 11.1 Å². The van der Waals surface area contributed by atoms with Gasteiger partial charge in [-0.25, -0.2) is 0 Å². The van der Waals surface area contributed by atoms with Crippen molar-refractivity contribution in [3.05, 3.63) is 30.0 Å². The van der Waals surface area contributed by atoms with Crippen LogP contribution in [-0.2, 0) is 9.53 Å². The normalized spacial score (nSPS) is 17.4. The van der Waals surface area contributed by atoms with Crippen molar-refractivity contribution in [3.8, 4) is 0 Å². The quantitative estimate of drug-likeness (QED) is 0.626. The minimum absolute atomic E-state index is 0.0317. The average molecular weight is 357 g/mol. The summed E-state index contributed by atoms with van der Waals surface area (Å²) in [7, 11) is 1.70. The third kappa shape index (κ3) is 4.88. The highest BCUT2D eigenvalue weighted by atomic mass is 19.4. The number of alkyl halides is 3. The second-order valence-corrected chi connectivity index (χ2v) is 6.65. The standard InChI is InChI=1S/C17H22F3N3O2/c1-16(2)9-12(10-23(3)15(16)24)11-4-5-13(21)14(8-11)22-6-7-25-17(18,19)20/h4-5,8,10,22H,6-7,9,21H2,1-3H3. The Kier molecular flexibility index (Phi) is 5.31. The number of hydrogen-bond donors (Lipinski definition) is 2. The van der Waals surface area contributed by atoms with E-state index in [0.717, 1.165) is 11.1 Å². The van der Waals surface area contributed by atoms with Crippen LogP contribution in [0.2, 0.25) is 0 Å². The van der Waals surface area contributed by atoms with E-state index >= 15 is 0 Å². The topological polar surface area (TPSA) is 67.6 Å². The lowest BCUT2D eigenvalue weighted by Crippen LogP contribution is -2.39. The monoisotopic (exact) mass is 357 g/mol. The van der Waals surface area contributed by atoms with E-state index < -0.39 is 18.4 Å². The Bertz CT molecular complexity index is 684. The van der Waals surface area contributed by atoms with Crippen LogP contribution in [0.5, 0.6) is 0 Å². The summed E-state index contributed by atoms with van der Waals surface area (Å²) in [6, 6.07) is 5.29. The molecule has 25 heavy (non-hydrogen) atoms. The van der Waals surface area contributed by atoms with Gasteiger partial charge in [0.05, 0.1) is 18.0 Å². The van der Waals surface area contributed by atoms with E-state index in [-0.39, 0.29) is 12.5 Å². The van der Waals surface area contributed by atoms with Crippen molar-refractivity contribution in [1.29, 1.82) is 0 Å². The number of rotatable bonds is 5. The van der Waals surface area contributed by atoms with Crippen LogP contribution in [-0.4, -0.2) is 37.4 Å². The number of nitrogens with one attached hydrogen (secondary N) is 1. The molecule has 0 spiro atoms. The Balaban J connectivity index is 2.13. The fourth-order valence-corrected chi connectivity index (χ4v) is 2.81. The molecular weight excluding hydrogens is 335 g/mol. The van der Waals surface area contributed by atoms with Crippen LogP contribution >= 0.6 is 0 Å². The second-order valence-electron chi connectivity index (χ2n) is 6.65. The molecule has 2 rings (SSSR count). The Hall–Kier alpha value is -2.22. The predicted molar refractivity (Wildman–Crippen MR) is 90.5 cm³/mol. The van der Waals surface area contributed by atoms with Gasteiger partial charge in [-0.1, -0.05) is 19.9 Å². The molecule has 0 saturated carbocycles. The van der Waals surface area contributed by atoms with Gasteiger partial charge < -0.3 is 16.0 Å². The maximum atomic E-state index is 12.1. The summed E-state index contributed by atoms with van der Waals surface area (Å²) in [5.74, 6) is 0.0364. The molecule has 8 heteroatoms. The summed E-state index contributed by atoms with van der Waals surface area (Å²) in [4.78, 5) is 13.7. The van der Waals surface area contributed by atoms with Gasteiger partial charge in [0, 0.05) is 25.2 Å². The first kappa shape index (κ1) is 19.1. The van der Waals surface area contributed by atoms with Gasteiger partial charge in [0.1, 0.15) is 0 Å². The van der Waals surface area contributed by atoms with Crippen molar-refractivity contribution in [2.24, 2.45) is 5.41 Å². The van der Waals surface area contributed by atoms with Gasteiger partial charge in [0.25, 0.3) is 0 Å². The zero-order chi connectivity index (χ0) is 18.8. The van der Waals surface area contributed by atoms with Gasteiger partial charge in [-0.2, -0.15) is 0 Å². The van der Waals surface area contributed by atoms with E-state index in [1.807, 2.05) is 19.9 Å². The molecule has 5 nitrogen and oxygen atoms in total. The van der Waals surface area contributed by atoms with E-state index in [1.54, 1.807) is 30.3 Å². The minimum atomic E-state index is -4.65. The zero-order valence-corrected chi connectivity index (χ0v) is 14.4. The van der Waals surface area contributed by atoms with Crippen molar-refractivity contribution in [2.75, 3.05) is 31.2 Å². The van der Waals surface area contributed by atoms with E-state index in [4.69, 9.17) is 5.73 Å². The second kappa shape index (κ2) is 6.95. The number of benzene rings is 1. The molecule has 1 aromatic rings. The lowest BCUT2D eigenvalue weighted by molar-refractivity contribution is -0.322. The molecular formula is C17H22F3N3O2. The van der Waals surface area contributed by atoms with Gasteiger partial charge in [-0.05, 0) is 29.7 Å². The number of nitrogens with zero attached hydrogens (tertiary/aromatic N) is 1. The SMILES string of the molecule is CN1C=C(c2ccc(N)c(NCCOC(F)(F)F)c2)CC(C)(C)C1=O. The van der Waals surface area contributed by atoms with E-state index in [9.17, 15) is 18.0 Å². The Labute approximate surface area is 144 Å². The Morgan fingerprint density at radius 1 is 1.36 bits per heavy atom. The molecule has 138 valence electrons. The first-order valence-corrected chi connectivity index (χ1v) is 7.82. The van der Waals surface area contributed by atoms with Gasteiger partial charge in [0.2, 0.25) is 5.91 Å². The number of ether oxygens (including phenoxy) is 1. The van der Waals surface area contributed by atoms with Crippen LogP contribution in [0.4, 0.5) is 24.5 Å². The van der Waals surface area contributed by atoms with E-state index in [1.165, 1.54) is 0 Å². The van der Waals surface area contributed by atoms with Gasteiger partial charge >= 0.3 is 6.36 Å². The molecule has 1 aliphatic heterocycles. The van der Waals surface area contributed by atoms with E-state index in [2.05, 4.69) is 10.1 Å². The molecule has 0 saturated heterocycles. The molecule has 0 bridgehead atoms. The minimum Gasteiger partial charge on any atom is -0.397 e. The highest BCUT2D eigenvalue weighted by Gasteiger charge is 2.35. The van der Waals surface area contributed by atoms with Crippen molar-refractivity contribution in [3.63, 3.8) is 0 Å². The third-order valence-electron chi connectivity index (χ3n) is 3.99. The summed E-state index contributed by atoms with van der Waals surface area (Å²) in [6.07, 6.45) is -2.31. The Morgan fingerprint density at radius 3 is 2.64 bits per heavy atom. The highest BCUT2D eigenvalue weighted by Crippen LogP contribution is 2.38. The Morgan fingerprint density at radius 2 is 2.04 bits per heavy atom. The van der Waals surface area contributed by atoms with Crippen molar-refractivity contribution < 1.29 is 22.7 Å². The van der Waals surface area contributed by atoms with Gasteiger partial charge in [-0.3, -0.25) is 9.53 Å². The number of nitrogen functional groups attached to an aromatic ring is 1. The number of anilines is 2. The fourth-order valence-electron chi connectivity index (χ4n) is 2.81. The maximum Gasteiger partial charge on any atom is 0.522 e. The molecule has 1 amide bonds. The maximum absolute atomic E-state index is 12.1. The first-order valence-electron chi connectivity index (χ1n) is 7.82. The molecule has 1 heterocycles. The third-order valence-corrected chi connectivity index (χ3v) is 3.99. The van der Waals surface area contributed by atoms with E-state index in [0.29, 0.717) is 17.8 Å². The number of allylic oxidation sites excluding steroid dienone is 1. The number of halogens is 3. The number of nitrogens with two attached hydrogens (primary N) is 1. The molecule has 0 aliphatic carbocycles. The molecule has 1 aromatic carbocycles. The lowest BCUT2D eigenvalue weighted by atomic mass is 9.80. The average Bonchev–Trinajstić information content (AvgIpc) is 2.49. The van der Waals surface area contributed by atoms with Crippen molar-refractivity contribution in [1.82, 2.24) is 4.90 Å². The van der Waals surface area contributed by atoms with Crippen molar-refractivity contribution >= 4 is 22.9 Å². The molecule has 1 aliphatic rings. The van der Waals surface area contributed by atoms with Crippen LogP contribution in [0.1, 0.15) is 25.8 Å². The van der Waals surface area contributed by atoms with Crippen LogP contribution in [0, 0.1) is 5.41 Å².